The topological polar surface area (TPSA) is 87.0 Å². The summed E-state index contributed by atoms with van der Waals surface area (Å²) < 4.78 is 35.7. The van der Waals surface area contributed by atoms with Gasteiger partial charge in [-0.25, -0.2) is 4.39 Å². The number of esters is 1. The second-order valence-electron chi connectivity index (χ2n) is 6.55. The van der Waals surface area contributed by atoms with Crippen LogP contribution in [-0.4, -0.2) is 18.4 Å². The molecular weight excluding hydrogens is 393 g/mol. The van der Waals surface area contributed by atoms with Crippen molar-refractivity contribution < 1.29 is 32.6 Å². The molecular formula is C22H18FNO6. The van der Waals surface area contributed by atoms with Crippen LogP contribution in [0.3, 0.4) is 0 Å². The van der Waals surface area contributed by atoms with Gasteiger partial charge in [-0.3, -0.25) is 9.59 Å². The van der Waals surface area contributed by atoms with Crippen LogP contribution in [0.2, 0.25) is 0 Å². The third-order valence-corrected chi connectivity index (χ3v) is 4.42. The first-order valence-corrected chi connectivity index (χ1v) is 9.22. The summed E-state index contributed by atoms with van der Waals surface area (Å²) in [5.41, 5.74) is 1.72. The number of rotatable bonds is 6. The Labute approximate surface area is 171 Å². The SMILES string of the molecule is O=C(CNC(=O)c1ccco1)OCc1cc(F)cc2c1O[C@H](c1ccccc1)OC2. The molecule has 1 aliphatic heterocycles. The predicted molar refractivity (Wildman–Crippen MR) is 102 cm³/mol. The minimum absolute atomic E-state index is 0.0855. The van der Waals surface area contributed by atoms with E-state index in [1.165, 1.54) is 24.5 Å². The number of nitrogens with one attached hydrogen (secondary N) is 1. The normalized spacial score (nSPS) is 15.0. The molecule has 154 valence electrons. The van der Waals surface area contributed by atoms with Crippen LogP contribution in [-0.2, 0) is 27.5 Å². The fourth-order valence-electron chi connectivity index (χ4n) is 3.02. The van der Waals surface area contributed by atoms with Crippen molar-refractivity contribution in [1.82, 2.24) is 5.32 Å². The Morgan fingerprint density at radius 3 is 2.73 bits per heavy atom. The number of hydrogen-bond donors (Lipinski definition) is 1. The lowest BCUT2D eigenvalue weighted by molar-refractivity contribution is -0.144. The fraction of sp³-hybridized carbons (Fsp3) is 0.182. The van der Waals surface area contributed by atoms with Gasteiger partial charge < -0.3 is 23.9 Å². The first-order valence-electron chi connectivity index (χ1n) is 9.22. The van der Waals surface area contributed by atoms with Gasteiger partial charge in [0, 0.05) is 16.7 Å². The van der Waals surface area contributed by atoms with Crippen molar-refractivity contribution in [2.24, 2.45) is 0 Å². The number of furan rings is 1. The second-order valence-corrected chi connectivity index (χ2v) is 6.55. The van der Waals surface area contributed by atoms with E-state index in [-0.39, 0.29) is 25.5 Å². The zero-order valence-corrected chi connectivity index (χ0v) is 15.8. The molecule has 30 heavy (non-hydrogen) atoms. The lowest BCUT2D eigenvalue weighted by Gasteiger charge is -2.28. The van der Waals surface area contributed by atoms with Crippen molar-refractivity contribution in [3.8, 4) is 5.75 Å². The number of fused-ring (bicyclic) bond motifs is 1. The number of carbonyl (C=O) groups is 2. The Hall–Kier alpha value is -3.65. The Bertz CT molecular complexity index is 1040. The van der Waals surface area contributed by atoms with Gasteiger partial charge >= 0.3 is 5.97 Å². The van der Waals surface area contributed by atoms with Gasteiger partial charge in [0.25, 0.3) is 5.91 Å². The van der Waals surface area contributed by atoms with E-state index in [9.17, 15) is 14.0 Å². The first kappa shape index (κ1) is 19.7. The first-order chi connectivity index (χ1) is 14.6. The summed E-state index contributed by atoms with van der Waals surface area (Å²) in [4.78, 5) is 23.8. The molecule has 0 unspecified atom stereocenters. The maximum atomic E-state index is 14.0. The second kappa shape index (κ2) is 8.79. The standard InChI is InChI=1S/C22H18FNO6/c23-17-9-15(12-28-19(25)11-24-21(26)18-7-4-8-27-18)20-16(10-17)13-29-22(30-20)14-5-2-1-3-6-14/h1-10,22H,11-13H2,(H,24,26)/t22-/m1/s1. The highest BCUT2D eigenvalue weighted by atomic mass is 19.1. The van der Waals surface area contributed by atoms with Crippen LogP contribution >= 0.6 is 0 Å². The average Bonchev–Trinajstić information content (AvgIpc) is 3.31. The maximum absolute atomic E-state index is 14.0. The van der Waals surface area contributed by atoms with E-state index in [1.807, 2.05) is 30.3 Å². The van der Waals surface area contributed by atoms with E-state index in [0.29, 0.717) is 16.9 Å². The summed E-state index contributed by atoms with van der Waals surface area (Å²) in [6, 6.07) is 14.9. The van der Waals surface area contributed by atoms with E-state index in [1.54, 1.807) is 6.07 Å². The molecule has 2 aromatic carbocycles. The largest absolute Gasteiger partial charge is 0.460 e. The highest BCUT2D eigenvalue weighted by molar-refractivity contribution is 5.93. The lowest BCUT2D eigenvalue weighted by atomic mass is 10.1. The van der Waals surface area contributed by atoms with Crippen molar-refractivity contribution in [3.63, 3.8) is 0 Å². The van der Waals surface area contributed by atoms with Gasteiger partial charge in [0.05, 0.1) is 12.9 Å². The van der Waals surface area contributed by atoms with Gasteiger partial charge in [-0.15, -0.1) is 0 Å². The van der Waals surface area contributed by atoms with Gasteiger partial charge in [0.15, 0.2) is 5.76 Å². The summed E-state index contributed by atoms with van der Waals surface area (Å²) in [5, 5.41) is 2.39. The smallest absolute Gasteiger partial charge is 0.325 e. The maximum Gasteiger partial charge on any atom is 0.325 e. The van der Waals surface area contributed by atoms with E-state index < -0.39 is 24.0 Å². The number of hydrogen-bond acceptors (Lipinski definition) is 6. The summed E-state index contributed by atoms with van der Waals surface area (Å²) in [7, 11) is 0. The number of ether oxygens (including phenoxy) is 3. The van der Waals surface area contributed by atoms with E-state index in [2.05, 4.69) is 5.32 Å². The van der Waals surface area contributed by atoms with E-state index >= 15 is 0 Å². The molecule has 1 aliphatic rings. The molecule has 1 N–H and O–H groups in total. The molecule has 0 aliphatic carbocycles. The van der Waals surface area contributed by atoms with Crippen LogP contribution in [0.5, 0.6) is 5.75 Å². The molecule has 8 heteroatoms. The van der Waals surface area contributed by atoms with Crippen LogP contribution in [0.4, 0.5) is 4.39 Å². The summed E-state index contributed by atoms with van der Waals surface area (Å²) in [6.07, 6.45) is 0.707. The number of amides is 1. The zero-order chi connectivity index (χ0) is 20.9. The van der Waals surface area contributed by atoms with Gasteiger partial charge in [-0.2, -0.15) is 0 Å². The minimum Gasteiger partial charge on any atom is -0.460 e. The molecule has 4 rings (SSSR count). The molecule has 0 bridgehead atoms. The molecule has 1 amide bonds. The molecule has 7 nitrogen and oxygen atoms in total. The number of benzene rings is 2. The quantitative estimate of drug-likeness (QED) is 0.625. The molecule has 0 radical (unpaired) electrons. The molecule has 0 spiro atoms. The molecule has 3 aromatic rings. The minimum atomic E-state index is -0.681. The lowest BCUT2D eigenvalue weighted by Crippen LogP contribution is -2.30. The predicted octanol–water partition coefficient (Wildman–Crippen LogP) is 3.50. The van der Waals surface area contributed by atoms with Crippen molar-refractivity contribution >= 4 is 11.9 Å². The summed E-state index contributed by atoms with van der Waals surface area (Å²) in [5.74, 6) is -1.20. The van der Waals surface area contributed by atoms with Gasteiger partial charge in [-0.05, 0) is 24.3 Å². The van der Waals surface area contributed by atoms with Crippen molar-refractivity contribution in [3.05, 3.63) is 89.1 Å². The molecule has 1 atom stereocenters. The highest BCUT2D eigenvalue weighted by Crippen LogP contribution is 2.36. The van der Waals surface area contributed by atoms with Crippen LogP contribution in [0.15, 0.2) is 65.3 Å². The molecule has 1 aromatic heterocycles. The monoisotopic (exact) mass is 411 g/mol. The van der Waals surface area contributed by atoms with Gasteiger partial charge in [0.1, 0.15) is 24.7 Å². The van der Waals surface area contributed by atoms with Crippen LogP contribution in [0.1, 0.15) is 33.5 Å². The van der Waals surface area contributed by atoms with Crippen LogP contribution in [0, 0.1) is 5.82 Å². The third-order valence-electron chi connectivity index (χ3n) is 4.42. The summed E-state index contributed by atoms with van der Waals surface area (Å²) in [6.45, 7) is -0.405. The summed E-state index contributed by atoms with van der Waals surface area (Å²) >= 11 is 0. The van der Waals surface area contributed by atoms with Crippen LogP contribution < -0.4 is 10.1 Å². The third kappa shape index (κ3) is 4.49. The molecule has 0 fully saturated rings. The fourth-order valence-corrected chi connectivity index (χ4v) is 3.02. The van der Waals surface area contributed by atoms with E-state index in [0.717, 1.165) is 5.56 Å². The Kier molecular flexibility index (Phi) is 5.76. The van der Waals surface area contributed by atoms with Gasteiger partial charge in [-0.1, -0.05) is 30.3 Å². The van der Waals surface area contributed by atoms with Crippen LogP contribution in [0.25, 0.3) is 0 Å². The highest BCUT2D eigenvalue weighted by Gasteiger charge is 2.25. The molecule has 2 heterocycles. The number of carbonyl (C=O) groups excluding carboxylic acids is 2. The van der Waals surface area contributed by atoms with Crippen molar-refractivity contribution in [2.75, 3.05) is 6.54 Å². The average molecular weight is 411 g/mol. The van der Waals surface area contributed by atoms with Crippen molar-refractivity contribution in [2.45, 2.75) is 19.5 Å². The van der Waals surface area contributed by atoms with Crippen molar-refractivity contribution in [1.29, 1.82) is 0 Å². The molecule has 0 saturated carbocycles. The Morgan fingerprint density at radius 2 is 1.97 bits per heavy atom. The van der Waals surface area contributed by atoms with Gasteiger partial charge in [0.2, 0.25) is 6.29 Å². The Balaban J connectivity index is 1.40. The zero-order valence-electron chi connectivity index (χ0n) is 15.8. The number of halogens is 1. The molecule has 0 saturated heterocycles. The van der Waals surface area contributed by atoms with E-state index in [4.69, 9.17) is 18.6 Å². The Morgan fingerprint density at radius 1 is 1.13 bits per heavy atom.